The van der Waals surface area contributed by atoms with Crippen molar-refractivity contribution in [1.29, 1.82) is 0 Å². The molecule has 2 rings (SSSR count). The smallest absolute Gasteiger partial charge is 0.137 e. The molecule has 0 radical (unpaired) electrons. The summed E-state index contributed by atoms with van der Waals surface area (Å²) in [6.07, 6.45) is -0.674. The third kappa shape index (κ3) is 2.91. The van der Waals surface area contributed by atoms with E-state index in [9.17, 15) is 5.11 Å². The van der Waals surface area contributed by atoms with E-state index in [1.54, 1.807) is 19.2 Å². The summed E-state index contributed by atoms with van der Waals surface area (Å²) in [4.78, 5) is 0. The molecule has 1 atom stereocenters. The summed E-state index contributed by atoms with van der Waals surface area (Å²) in [6, 6.07) is 11.3. The number of hydrogen-bond acceptors (Lipinski definition) is 2. The van der Waals surface area contributed by atoms with Gasteiger partial charge in [0.2, 0.25) is 0 Å². The van der Waals surface area contributed by atoms with Gasteiger partial charge in [-0.25, -0.2) is 0 Å². The van der Waals surface area contributed by atoms with Crippen LogP contribution in [-0.2, 0) is 0 Å². The average Bonchev–Trinajstić information content (AvgIpc) is 2.38. The van der Waals surface area contributed by atoms with Crippen LogP contribution in [0.25, 0.3) is 0 Å². The molecule has 0 saturated carbocycles. The second-order valence-electron chi connectivity index (χ2n) is 4.66. The molecule has 3 heteroatoms. The largest absolute Gasteiger partial charge is 0.495 e. The third-order valence-electron chi connectivity index (χ3n) is 3.21. The van der Waals surface area contributed by atoms with Crippen molar-refractivity contribution in [2.24, 2.45) is 0 Å². The molecule has 0 bridgehead atoms. The number of aliphatic hydroxyl groups excluding tert-OH is 1. The van der Waals surface area contributed by atoms with Crippen molar-refractivity contribution >= 4 is 11.6 Å². The molecule has 1 N–H and O–H groups in total. The summed E-state index contributed by atoms with van der Waals surface area (Å²) >= 11 is 5.99. The maximum Gasteiger partial charge on any atom is 0.137 e. The molecule has 100 valence electrons. The topological polar surface area (TPSA) is 29.5 Å². The maximum absolute atomic E-state index is 10.5. The Kier molecular flexibility index (Phi) is 4.13. The van der Waals surface area contributed by atoms with E-state index >= 15 is 0 Å². The van der Waals surface area contributed by atoms with Crippen molar-refractivity contribution < 1.29 is 9.84 Å². The van der Waals surface area contributed by atoms with Crippen LogP contribution in [0.4, 0.5) is 0 Å². The van der Waals surface area contributed by atoms with E-state index in [0.29, 0.717) is 10.8 Å². The molecule has 2 nitrogen and oxygen atoms in total. The SMILES string of the molecule is COc1cc(C(O)c2ccc(C)cc2C)ccc1Cl. The quantitative estimate of drug-likeness (QED) is 0.916. The number of benzene rings is 2. The number of hydrogen-bond donors (Lipinski definition) is 1. The summed E-state index contributed by atoms with van der Waals surface area (Å²) in [5, 5.41) is 11.0. The van der Waals surface area contributed by atoms with E-state index in [1.807, 2.05) is 32.0 Å². The zero-order chi connectivity index (χ0) is 14.0. The van der Waals surface area contributed by atoms with E-state index in [1.165, 1.54) is 5.56 Å². The van der Waals surface area contributed by atoms with Crippen LogP contribution in [0.2, 0.25) is 5.02 Å². The van der Waals surface area contributed by atoms with Crippen LogP contribution in [0.15, 0.2) is 36.4 Å². The molecule has 0 aliphatic carbocycles. The lowest BCUT2D eigenvalue weighted by Crippen LogP contribution is -2.02. The van der Waals surface area contributed by atoms with Gasteiger partial charge in [-0.1, -0.05) is 41.4 Å². The Morgan fingerprint density at radius 1 is 1.11 bits per heavy atom. The summed E-state index contributed by atoms with van der Waals surface area (Å²) in [5.74, 6) is 0.572. The molecule has 0 heterocycles. The fourth-order valence-electron chi connectivity index (χ4n) is 2.16. The zero-order valence-electron chi connectivity index (χ0n) is 11.3. The van der Waals surface area contributed by atoms with Gasteiger partial charge >= 0.3 is 0 Å². The molecule has 0 saturated heterocycles. The second-order valence-corrected chi connectivity index (χ2v) is 5.06. The Hall–Kier alpha value is -1.51. The van der Waals surface area contributed by atoms with Gasteiger partial charge in [0.25, 0.3) is 0 Å². The predicted molar refractivity (Wildman–Crippen MR) is 78.0 cm³/mol. The molecule has 0 aliphatic heterocycles. The fourth-order valence-corrected chi connectivity index (χ4v) is 2.35. The van der Waals surface area contributed by atoms with Crippen LogP contribution in [-0.4, -0.2) is 12.2 Å². The van der Waals surface area contributed by atoms with Gasteiger partial charge in [-0.2, -0.15) is 0 Å². The van der Waals surface area contributed by atoms with Gasteiger partial charge in [-0.3, -0.25) is 0 Å². The molecule has 0 aliphatic rings. The number of halogens is 1. The normalized spacial score (nSPS) is 12.3. The van der Waals surface area contributed by atoms with Gasteiger partial charge in [0, 0.05) is 0 Å². The monoisotopic (exact) mass is 276 g/mol. The number of aliphatic hydroxyl groups is 1. The van der Waals surface area contributed by atoms with Crippen LogP contribution in [0, 0.1) is 13.8 Å². The highest BCUT2D eigenvalue weighted by atomic mass is 35.5. The summed E-state index contributed by atoms with van der Waals surface area (Å²) in [6.45, 7) is 4.03. The first-order valence-electron chi connectivity index (χ1n) is 6.11. The molecule has 1 unspecified atom stereocenters. The van der Waals surface area contributed by atoms with E-state index in [2.05, 4.69) is 6.07 Å². The number of rotatable bonds is 3. The highest BCUT2D eigenvalue weighted by Crippen LogP contribution is 2.31. The van der Waals surface area contributed by atoms with Crippen molar-refractivity contribution in [1.82, 2.24) is 0 Å². The molecular formula is C16H17ClO2. The van der Waals surface area contributed by atoms with Gasteiger partial charge in [0.15, 0.2) is 0 Å². The van der Waals surface area contributed by atoms with Gasteiger partial charge in [-0.05, 0) is 42.7 Å². The lowest BCUT2D eigenvalue weighted by atomic mass is 9.96. The Morgan fingerprint density at radius 3 is 2.47 bits per heavy atom. The van der Waals surface area contributed by atoms with Crippen molar-refractivity contribution in [3.63, 3.8) is 0 Å². The van der Waals surface area contributed by atoms with Crippen LogP contribution >= 0.6 is 11.6 Å². The van der Waals surface area contributed by atoms with E-state index in [-0.39, 0.29) is 0 Å². The van der Waals surface area contributed by atoms with Gasteiger partial charge in [0.05, 0.1) is 12.1 Å². The van der Waals surface area contributed by atoms with Gasteiger partial charge in [0.1, 0.15) is 11.9 Å². The Morgan fingerprint density at radius 2 is 1.84 bits per heavy atom. The first-order valence-corrected chi connectivity index (χ1v) is 6.49. The maximum atomic E-state index is 10.5. The van der Waals surface area contributed by atoms with Crippen molar-refractivity contribution in [3.05, 3.63) is 63.7 Å². The molecule has 19 heavy (non-hydrogen) atoms. The number of methoxy groups -OCH3 is 1. The van der Waals surface area contributed by atoms with Crippen LogP contribution in [0.3, 0.4) is 0 Å². The standard InChI is InChI=1S/C16H17ClO2/c1-10-4-6-13(11(2)8-10)16(18)12-5-7-14(17)15(9-12)19-3/h4-9,16,18H,1-3H3. The lowest BCUT2D eigenvalue weighted by Gasteiger charge is -2.16. The van der Waals surface area contributed by atoms with Crippen molar-refractivity contribution in [3.8, 4) is 5.75 Å². The van der Waals surface area contributed by atoms with Crippen molar-refractivity contribution in [2.75, 3.05) is 7.11 Å². The number of ether oxygens (including phenoxy) is 1. The molecule has 0 aromatic heterocycles. The highest BCUT2D eigenvalue weighted by Gasteiger charge is 2.14. The predicted octanol–water partition coefficient (Wildman–Crippen LogP) is 4.05. The summed E-state index contributed by atoms with van der Waals surface area (Å²) < 4.78 is 5.18. The van der Waals surface area contributed by atoms with Crippen molar-refractivity contribution in [2.45, 2.75) is 20.0 Å². The minimum Gasteiger partial charge on any atom is -0.495 e. The van der Waals surface area contributed by atoms with Gasteiger partial charge in [-0.15, -0.1) is 0 Å². The van der Waals surface area contributed by atoms with Crippen LogP contribution < -0.4 is 4.74 Å². The zero-order valence-corrected chi connectivity index (χ0v) is 12.0. The van der Waals surface area contributed by atoms with E-state index in [0.717, 1.165) is 16.7 Å². The van der Waals surface area contributed by atoms with Gasteiger partial charge < -0.3 is 9.84 Å². The Labute approximate surface area is 118 Å². The van der Waals surface area contributed by atoms with E-state index < -0.39 is 6.10 Å². The second kappa shape index (κ2) is 5.64. The average molecular weight is 277 g/mol. The van der Waals surface area contributed by atoms with Crippen LogP contribution in [0.5, 0.6) is 5.75 Å². The Balaban J connectivity index is 2.40. The third-order valence-corrected chi connectivity index (χ3v) is 3.52. The summed E-state index contributed by atoms with van der Waals surface area (Å²) in [5.41, 5.74) is 3.92. The summed E-state index contributed by atoms with van der Waals surface area (Å²) in [7, 11) is 1.56. The first-order chi connectivity index (χ1) is 9.02. The lowest BCUT2D eigenvalue weighted by molar-refractivity contribution is 0.219. The highest BCUT2D eigenvalue weighted by molar-refractivity contribution is 6.32. The molecule has 0 spiro atoms. The Bertz CT molecular complexity index is 593. The molecule has 0 amide bonds. The minimum atomic E-state index is -0.674. The fraction of sp³-hybridized carbons (Fsp3) is 0.250. The molecule has 2 aromatic carbocycles. The minimum absolute atomic E-state index is 0.541. The first kappa shape index (κ1) is 13.9. The molecular weight excluding hydrogens is 260 g/mol. The molecule has 2 aromatic rings. The molecule has 0 fully saturated rings. The van der Waals surface area contributed by atoms with E-state index in [4.69, 9.17) is 16.3 Å². The number of aryl methyl sites for hydroxylation is 2. The van der Waals surface area contributed by atoms with Crippen LogP contribution in [0.1, 0.15) is 28.4 Å².